The first-order chi connectivity index (χ1) is 4.29. The van der Waals surface area contributed by atoms with E-state index >= 15 is 0 Å². The summed E-state index contributed by atoms with van der Waals surface area (Å²) in [4.78, 5) is 0. The third-order valence-electron chi connectivity index (χ3n) is 2.98. The van der Waals surface area contributed by atoms with Crippen LogP contribution >= 0.6 is 0 Å². The SMILES string of the molecule is C=C1CC12CC2CCC. The molecule has 2 aliphatic carbocycles. The molecule has 1 spiro atoms. The second kappa shape index (κ2) is 1.42. The van der Waals surface area contributed by atoms with Gasteiger partial charge in [-0.25, -0.2) is 0 Å². The van der Waals surface area contributed by atoms with Gasteiger partial charge >= 0.3 is 0 Å². The van der Waals surface area contributed by atoms with Gasteiger partial charge in [0.2, 0.25) is 0 Å². The van der Waals surface area contributed by atoms with Crippen LogP contribution < -0.4 is 0 Å². The molecule has 2 fully saturated rings. The van der Waals surface area contributed by atoms with Crippen LogP contribution in [0.5, 0.6) is 0 Å². The first-order valence-corrected chi connectivity index (χ1v) is 3.98. The van der Waals surface area contributed by atoms with Crippen LogP contribution in [0.25, 0.3) is 0 Å². The Bertz CT molecular complexity index is 157. The second-order valence-corrected chi connectivity index (χ2v) is 3.63. The van der Waals surface area contributed by atoms with E-state index in [9.17, 15) is 0 Å². The molecule has 0 aromatic rings. The van der Waals surface area contributed by atoms with Gasteiger partial charge < -0.3 is 0 Å². The zero-order chi connectivity index (χ0) is 6.48. The van der Waals surface area contributed by atoms with Crippen molar-refractivity contribution in [3.8, 4) is 0 Å². The van der Waals surface area contributed by atoms with Crippen LogP contribution in [0.3, 0.4) is 0 Å². The molecule has 2 aliphatic rings. The molecular formula is C9H14. The Morgan fingerprint density at radius 3 is 2.78 bits per heavy atom. The predicted octanol–water partition coefficient (Wildman–Crippen LogP) is 2.75. The third-order valence-corrected chi connectivity index (χ3v) is 2.98. The lowest BCUT2D eigenvalue weighted by Crippen LogP contribution is -1.78. The maximum Gasteiger partial charge on any atom is -0.00217 e. The molecule has 0 saturated heterocycles. The molecule has 2 saturated carbocycles. The van der Waals surface area contributed by atoms with Crippen molar-refractivity contribution in [3.63, 3.8) is 0 Å². The largest absolute Gasteiger partial charge is 0.0992 e. The number of hydrogen-bond donors (Lipinski definition) is 0. The van der Waals surface area contributed by atoms with E-state index in [4.69, 9.17) is 0 Å². The Balaban J connectivity index is 1.90. The van der Waals surface area contributed by atoms with Crippen LogP contribution in [-0.2, 0) is 0 Å². The highest BCUT2D eigenvalue weighted by Crippen LogP contribution is 2.74. The van der Waals surface area contributed by atoms with E-state index in [2.05, 4.69) is 13.5 Å². The summed E-state index contributed by atoms with van der Waals surface area (Å²) in [6.07, 6.45) is 5.63. The number of rotatable bonds is 2. The van der Waals surface area contributed by atoms with Gasteiger partial charge in [-0.05, 0) is 30.6 Å². The average Bonchev–Trinajstić information content (AvgIpc) is 2.58. The lowest BCUT2D eigenvalue weighted by molar-refractivity contribution is 0.644. The van der Waals surface area contributed by atoms with Gasteiger partial charge in [0, 0.05) is 0 Å². The quantitative estimate of drug-likeness (QED) is 0.494. The molecule has 2 atom stereocenters. The zero-order valence-corrected chi connectivity index (χ0v) is 6.11. The summed E-state index contributed by atoms with van der Waals surface area (Å²) in [5.74, 6) is 1.05. The summed E-state index contributed by atoms with van der Waals surface area (Å²) in [5, 5.41) is 0. The molecule has 9 heavy (non-hydrogen) atoms. The summed E-state index contributed by atoms with van der Waals surface area (Å²) in [6.45, 7) is 6.29. The van der Waals surface area contributed by atoms with Crippen molar-refractivity contribution in [2.75, 3.05) is 0 Å². The standard InChI is InChI=1S/C9H14/c1-3-4-8-6-9(8)5-7(9)2/h8H,2-6H2,1H3. The van der Waals surface area contributed by atoms with Crippen molar-refractivity contribution in [3.05, 3.63) is 12.2 Å². The highest BCUT2D eigenvalue weighted by atomic mass is 14.7. The van der Waals surface area contributed by atoms with Crippen molar-refractivity contribution in [2.45, 2.75) is 32.6 Å². The molecule has 0 bridgehead atoms. The fourth-order valence-electron chi connectivity index (χ4n) is 2.09. The van der Waals surface area contributed by atoms with E-state index in [1.54, 1.807) is 5.57 Å². The van der Waals surface area contributed by atoms with Crippen LogP contribution in [0.4, 0.5) is 0 Å². The van der Waals surface area contributed by atoms with E-state index in [1.165, 1.54) is 25.7 Å². The van der Waals surface area contributed by atoms with Crippen molar-refractivity contribution >= 4 is 0 Å². The van der Waals surface area contributed by atoms with Gasteiger partial charge in [0.1, 0.15) is 0 Å². The summed E-state index contributed by atoms with van der Waals surface area (Å²) >= 11 is 0. The predicted molar refractivity (Wildman–Crippen MR) is 39.2 cm³/mol. The molecule has 0 aromatic heterocycles. The van der Waals surface area contributed by atoms with Gasteiger partial charge in [0.25, 0.3) is 0 Å². The normalized spacial score (nSPS) is 45.9. The van der Waals surface area contributed by atoms with E-state index in [0.29, 0.717) is 0 Å². The molecule has 2 rings (SSSR count). The highest BCUT2D eigenvalue weighted by molar-refractivity contribution is 5.39. The minimum Gasteiger partial charge on any atom is -0.0992 e. The zero-order valence-electron chi connectivity index (χ0n) is 6.11. The van der Waals surface area contributed by atoms with Gasteiger partial charge in [-0.2, -0.15) is 0 Å². The average molecular weight is 122 g/mol. The monoisotopic (exact) mass is 122 g/mol. The Kier molecular flexibility index (Phi) is 0.870. The van der Waals surface area contributed by atoms with Gasteiger partial charge in [-0.1, -0.05) is 25.5 Å². The Labute approximate surface area is 57.0 Å². The van der Waals surface area contributed by atoms with Gasteiger partial charge in [0.05, 0.1) is 0 Å². The Hall–Kier alpha value is -0.260. The van der Waals surface area contributed by atoms with E-state index in [1.807, 2.05) is 0 Å². The van der Waals surface area contributed by atoms with Crippen molar-refractivity contribution in [1.82, 2.24) is 0 Å². The van der Waals surface area contributed by atoms with E-state index in [-0.39, 0.29) is 0 Å². The summed E-state index contributed by atoms with van der Waals surface area (Å²) in [6, 6.07) is 0. The minimum atomic E-state index is 0.732. The molecule has 0 aromatic carbocycles. The molecule has 2 unspecified atom stereocenters. The Morgan fingerprint density at radius 1 is 1.78 bits per heavy atom. The molecule has 50 valence electrons. The molecule has 0 N–H and O–H groups in total. The lowest BCUT2D eigenvalue weighted by Gasteiger charge is -1.88. The molecular weight excluding hydrogens is 108 g/mol. The molecule has 0 heteroatoms. The van der Waals surface area contributed by atoms with E-state index in [0.717, 1.165) is 11.3 Å². The summed E-state index contributed by atoms with van der Waals surface area (Å²) < 4.78 is 0. The topological polar surface area (TPSA) is 0 Å². The minimum absolute atomic E-state index is 0.732. The molecule has 0 amide bonds. The van der Waals surface area contributed by atoms with Crippen LogP contribution in [0.2, 0.25) is 0 Å². The van der Waals surface area contributed by atoms with Crippen LogP contribution in [0.15, 0.2) is 12.2 Å². The first-order valence-electron chi connectivity index (χ1n) is 3.98. The van der Waals surface area contributed by atoms with E-state index < -0.39 is 0 Å². The van der Waals surface area contributed by atoms with Gasteiger partial charge in [-0.15, -0.1) is 0 Å². The number of hydrogen-bond acceptors (Lipinski definition) is 0. The maximum atomic E-state index is 4.01. The third kappa shape index (κ3) is 0.593. The van der Waals surface area contributed by atoms with Crippen LogP contribution in [-0.4, -0.2) is 0 Å². The molecule has 0 aliphatic heterocycles. The second-order valence-electron chi connectivity index (χ2n) is 3.63. The molecule has 0 heterocycles. The fourth-order valence-corrected chi connectivity index (χ4v) is 2.09. The fraction of sp³-hybridized carbons (Fsp3) is 0.778. The van der Waals surface area contributed by atoms with Crippen molar-refractivity contribution < 1.29 is 0 Å². The molecule has 0 radical (unpaired) electrons. The molecule has 0 nitrogen and oxygen atoms in total. The smallest absolute Gasteiger partial charge is 0.00217 e. The van der Waals surface area contributed by atoms with Crippen LogP contribution in [0.1, 0.15) is 32.6 Å². The van der Waals surface area contributed by atoms with Gasteiger partial charge in [0.15, 0.2) is 0 Å². The summed E-state index contributed by atoms with van der Waals surface area (Å²) in [5.41, 5.74) is 2.27. The Morgan fingerprint density at radius 2 is 2.44 bits per heavy atom. The van der Waals surface area contributed by atoms with Crippen molar-refractivity contribution in [2.24, 2.45) is 11.3 Å². The van der Waals surface area contributed by atoms with Crippen molar-refractivity contribution in [1.29, 1.82) is 0 Å². The highest BCUT2D eigenvalue weighted by Gasteiger charge is 2.64. The summed E-state index contributed by atoms with van der Waals surface area (Å²) in [7, 11) is 0. The maximum absolute atomic E-state index is 4.01. The first kappa shape index (κ1) is 5.52. The lowest BCUT2D eigenvalue weighted by atomic mass is 10.2. The van der Waals surface area contributed by atoms with Gasteiger partial charge in [-0.3, -0.25) is 0 Å². The van der Waals surface area contributed by atoms with Crippen LogP contribution in [0, 0.1) is 11.3 Å². The number of allylic oxidation sites excluding steroid dienone is 1.